The van der Waals surface area contributed by atoms with Crippen LogP contribution in [-0.4, -0.2) is 19.8 Å². The third-order valence-corrected chi connectivity index (χ3v) is 3.22. The van der Waals surface area contributed by atoms with Gasteiger partial charge in [-0.2, -0.15) is 0 Å². The Hall–Kier alpha value is -1.82. The van der Waals surface area contributed by atoms with Gasteiger partial charge in [-0.25, -0.2) is 13.2 Å². The van der Waals surface area contributed by atoms with Crippen LogP contribution >= 0.6 is 0 Å². The van der Waals surface area contributed by atoms with Crippen LogP contribution in [0.1, 0.15) is 0 Å². The lowest BCUT2D eigenvalue weighted by Gasteiger charge is -2.03. The van der Waals surface area contributed by atoms with E-state index in [0.29, 0.717) is 0 Å². The molecule has 0 amide bonds. The van der Waals surface area contributed by atoms with Crippen molar-refractivity contribution in [3.8, 4) is 5.75 Å². The van der Waals surface area contributed by atoms with E-state index in [0.717, 1.165) is 6.26 Å². The predicted molar refractivity (Wildman–Crippen MR) is 57.3 cm³/mol. The summed E-state index contributed by atoms with van der Waals surface area (Å²) in [5.74, 6) is -0.561. The van der Waals surface area contributed by atoms with E-state index < -0.39 is 26.1 Å². The molecule has 2 rings (SSSR count). The Labute approximate surface area is 90.9 Å². The van der Waals surface area contributed by atoms with Gasteiger partial charge in [0.2, 0.25) is 0 Å². The average Bonchev–Trinajstić information content (AvgIpc) is 2.15. The van der Waals surface area contributed by atoms with Gasteiger partial charge in [0.05, 0.1) is 5.39 Å². The molecule has 1 heterocycles. The fourth-order valence-corrected chi connectivity index (χ4v) is 2.25. The molecule has 0 atom stereocenters. The first-order valence-electron chi connectivity index (χ1n) is 4.36. The molecule has 1 aromatic carbocycles. The summed E-state index contributed by atoms with van der Waals surface area (Å²) in [6, 6.07) is 6.17. The fraction of sp³-hybridized carbons (Fsp3) is 0.100. The minimum atomic E-state index is -3.81. The average molecular weight is 240 g/mol. The highest BCUT2D eigenvalue weighted by Crippen LogP contribution is 2.28. The second-order valence-electron chi connectivity index (χ2n) is 3.34. The third-order valence-electron chi connectivity index (χ3n) is 2.12. The lowest BCUT2D eigenvalue weighted by molar-refractivity contribution is 0.442. The molecule has 0 saturated heterocycles. The van der Waals surface area contributed by atoms with Crippen molar-refractivity contribution >= 4 is 20.8 Å². The maximum Gasteiger partial charge on any atom is 0.359 e. The number of hydrogen-bond donors (Lipinski definition) is 1. The van der Waals surface area contributed by atoms with Crippen molar-refractivity contribution in [2.24, 2.45) is 0 Å². The molecule has 0 spiro atoms. The second-order valence-corrected chi connectivity index (χ2v) is 5.29. The van der Waals surface area contributed by atoms with Gasteiger partial charge < -0.3 is 9.52 Å². The van der Waals surface area contributed by atoms with Gasteiger partial charge in [0, 0.05) is 6.26 Å². The van der Waals surface area contributed by atoms with Gasteiger partial charge in [-0.15, -0.1) is 0 Å². The van der Waals surface area contributed by atoms with E-state index in [1.165, 1.54) is 12.1 Å². The fourth-order valence-electron chi connectivity index (χ4n) is 1.44. The Morgan fingerprint density at radius 2 is 1.88 bits per heavy atom. The molecule has 84 valence electrons. The van der Waals surface area contributed by atoms with Gasteiger partial charge in [-0.3, -0.25) is 0 Å². The lowest BCUT2D eigenvalue weighted by atomic mass is 10.2. The monoisotopic (exact) mass is 240 g/mol. The maximum absolute atomic E-state index is 11.4. The minimum absolute atomic E-state index is 0.150. The van der Waals surface area contributed by atoms with Crippen LogP contribution in [0.4, 0.5) is 0 Å². The Balaban J connectivity index is 3.04. The standard InChI is InChI=1S/C10H8O5S/c1-16(13,14)9-8(11)6-4-2-3-5-7(6)15-10(9)12/h2-5,11H,1H3. The Bertz CT molecular complexity index is 712. The summed E-state index contributed by atoms with van der Waals surface area (Å²) >= 11 is 0. The van der Waals surface area contributed by atoms with E-state index in [1.54, 1.807) is 12.1 Å². The topological polar surface area (TPSA) is 84.6 Å². The summed E-state index contributed by atoms with van der Waals surface area (Å²) in [4.78, 5) is 10.7. The number of hydrogen-bond acceptors (Lipinski definition) is 5. The van der Waals surface area contributed by atoms with Crippen LogP contribution in [0.5, 0.6) is 5.75 Å². The molecule has 6 heteroatoms. The van der Waals surface area contributed by atoms with E-state index in [4.69, 9.17) is 4.42 Å². The summed E-state index contributed by atoms with van der Waals surface area (Å²) < 4.78 is 27.4. The van der Waals surface area contributed by atoms with Gasteiger partial charge >= 0.3 is 5.63 Å². The Morgan fingerprint density at radius 3 is 2.50 bits per heavy atom. The largest absolute Gasteiger partial charge is 0.506 e. The molecule has 2 aromatic rings. The van der Waals surface area contributed by atoms with Crippen LogP contribution in [-0.2, 0) is 9.84 Å². The van der Waals surface area contributed by atoms with Gasteiger partial charge in [0.15, 0.2) is 20.5 Å². The predicted octanol–water partition coefficient (Wildman–Crippen LogP) is 0.902. The number of aromatic hydroxyl groups is 1. The Morgan fingerprint density at radius 1 is 1.25 bits per heavy atom. The zero-order valence-corrected chi connectivity index (χ0v) is 9.11. The summed E-state index contributed by atoms with van der Waals surface area (Å²) in [6.45, 7) is 0. The summed E-state index contributed by atoms with van der Waals surface area (Å²) in [7, 11) is -3.81. The van der Waals surface area contributed by atoms with Crippen LogP contribution in [0.25, 0.3) is 11.0 Å². The van der Waals surface area contributed by atoms with Crippen molar-refractivity contribution in [3.63, 3.8) is 0 Å². The van der Waals surface area contributed by atoms with Crippen LogP contribution in [0, 0.1) is 0 Å². The first-order valence-corrected chi connectivity index (χ1v) is 6.25. The number of rotatable bonds is 1. The molecule has 1 aromatic heterocycles. The number of fused-ring (bicyclic) bond motifs is 1. The summed E-state index contributed by atoms with van der Waals surface area (Å²) in [6.07, 6.45) is 0.841. The van der Waals surface area contributed by atoms with Crippen LogP contribution < -0.4 is 5.63 Å². The third kappa shape index (κ3) is 1.57. The van der Waals surface area contributed by atoms with E-state index in [-0.39, 0.29) is 11.0 Å². The molecule has 0 aliphatic rings. The van der Waals surface area contributed by atoms with Gasteiger partial charge in [-0.05, 0) is 12.1 Å². The highest BCUT2D eigenvalue weighted by molar-refractivity contribution is 7.90. The van der Waals surface area contributed by atoms with Crippen LogP contribution in [0.2, 0.25) is 0 Å². The second kappa shape index (κ2) is 3.34. The maximum atomic E-state index is 11.4. The SMILES string of the molecule is CS(=O)(=O)c1c(O)c2ccccc2oc1=O. The first kappa shape index (κ1) is 10.7. The molecule has 0 aliphatic carbocycles. The molecule has 16 heavy (non-hydrogen) atoms. The lowest BCUT2D eigenvalue weighted by Crippen LogP contribution is -2.13. The van der Waals surface area contributed by atoms with Gasteiger partial charge in [0.1, 0.15) is 5.58 Å². The molecule has 0 saturated carbocycles. The van der Waals surface area contributed by atoms with Crippen molar-refractivity contribution in [2.75, 3.05) is 6.26 Å². The van der Waals surface area contributed by atoms with E-state index in [2.05, 4.69) is 0 Å². The van der Waals surface area contributed by atoms with Crippen molar-refractivity contribution in [1.29, 1.82) is 0 Å². The quantitative estimate of drug-likeness (QED) is 0.748. The minimum Gasteiger partial charge on any atom is -0.506 e. The normalized spacial score (nSPS) is 11.8. The molecule has 0 fully saturated rings. The highest BCUT2D eigenvalue weighted by Gasteiger charge is 2.22. The number of para-hydroxylation sites is 1. The molecule has 0 unspecified atom stereocenters. The molecule has 0 aliphatic heterocycles. The van der Waals surface area contributed by atoms with Crippen molar-refractivity contribution in [3.05, 3.63) is 34.7 Å². The molecule has 0 bridgehead atoms. The van der Waals surface area contributed by atoms with Crippen LogP contribution in [0.3, 0.4) is 0 Å². The molecular formula is C10H8O5S. The van der Waals surface area contributed by atoms with Crippen molar-refractivity contribution in [1.82, 2.24) is 0 Å². The number of benzene rings is 1. The van der Waals surface area contributed by atoms with Gasteiger partial charge in [0.25, 0.3) is 0 Å². The first-order chi connectivity index (χ1) is 7.41. The molecule has 5 nitrogen and oxygen atoms in total. The van der Waals surface area contributed by atoms with Gasteiger partial charge in [-0.1, -0.05) is 12.1 Å². The van der Waals surface area contributed by atoms with E-state index >= 15 is 0 Å². The number of sulfone groups is 1. The smallest absolute Gasteiger partial charge is 0.359 e. The summed E-state index contributed by atoms with van der Waals surface area (Å²) in [5.41, 5.74) is -0.906. The Kier molecular flexibility index (Phi) is 2.23. The van der Waals surface area contributed by atoms with Crippen molar-refractivity contribution < 1.29 is 17.9 Å². The van der Waals surface area contributed by atoms with Crippen molar-refractivity contribution in [2.45, 2.75) is 4.90 Å². The molecule has 1 N–H and O–H groups in total. The van der Waals surface area contributed by atoms with E-state index in [9.17, 15) is 18.3 Å². The van der Waals surface area contributed by atoms with Crippen LogP contribution in [0.15, 0.2) is 38.4 Å². The zero-order valence-electron chi connectivity index (χ0n) is 8.30. The zero-order chi connectivity index (χ0) is 11.9. The highest BCUT2D eigenvalue weighted by atomic mass is 32.2. The summed E-state index contributed by atoms with van der Waals surface area (Å²) in [5, 5.41) is 9.92. The molecule has 0 radical (unpaired) electrons. The van der Waals surface area contributed by atoms with E-state index in [1.807, 2.05) is 0 Å². The molecular weight excluding hydrogens is 232 g/mol.